The molecule has 0 heterocycles. The van der Waals surface area contributed by atoms with Gasteiger partial charge in [0.05, 0.1) is 21.8 Å². The Morgan fingerprint density at radius 1 is 1.07 bits per heavy atom. The van der Waals surface area contributed by atoms with Gasteiger partial charge >= 0.3 is 0 Å². The highest BCUT2D eigenvalue weighted by Gasteiger charge is 2.17. The SMILES string of the molecule is CCOc1cc(C(=O)Nc2c(C)cccc2Cl)cc(Br)c1OCc1ccccc1. The third-order valence-electron chi connectivity index (χ3n) is 4.26. The first-order chi connectivity index (χ1) is 14.0. The van der Waals surface area contributed by atoms with Gasteiger partial charge in [-0.2, -0.15) is 0 Å². The van der Waals surface area contributed by atoms with E-state index in [-0.39, 0.29) is 5.91 Å². The van der Waals surface area contributed by atoms with Crippen molar-refractivity contribution in [2.45, 2.75) is 20.5 Å². The average molecular weight is 475 g/mol. The fraction of sp³-hybridized carbons (Fsp3) is 0.174. The van der Waals surface area contributed by atoms with Crippen molar-refractivity contribution in [3.63, 3.8) is 0 Å². The van der Waals surface area contributed by atoms with Gasteiger partial charge in [0, 0.05) is 5.56 Å². The van der Waals surface area contributed by atoms with Crippen LogP contribution in [-0.4, -0.2) is 12.5 Å². The summed E-state index contributed by atoms with van der Waals surface area (Å²) in [7, 11) is 0. The standard InChI is InChI=1S/C23H21BrClNO3/c1-3-28-20-13-17(23(27)26-21-15(2)8-7-11-19(21)25)12-18(24)22(20)29-14-16-9-5-4-6-10-16/h4-13H,3,14H2,1-2H3,(H,26,27). The summed E-state index contributed by atoms with van der Waals surface area (Å²) in [5, 5.41) is 3.37. The molecule has 29 heavy (non-hydrogen) atoms. The highest BCUT2D eigenvalue weighted by molar-refractivity contribution is 9.10. The molecule has 4 nitrogen and oxygen atoms in total. The molecule has 0 aliphatic rings. The van der Waals surface area contributed by atoms with Crippen LogP contribution in [0, 0.1) is 6.92 Å². The molecule has 3 rings (SSSR count). The monoisotopic (exact) mass is 473 g/mol. The zero-order valence-corrected chi connectivity index (χ0v) is 18.5. The molecule has 0 spiro atoms. The van der Waals surface area contributed by atoms with E-state index in [2.05, 4.69) is 21.2 Å². The van der Waals surface area contributed by atoms with Crippen LogP contribution in [0.5, 0.6) is 11.5 Å². The third kappa shape index (κ3) is 5.31. The fourth-order valence-corrected chi connectivity index (χ4v) is 3.63. The summed E-state index contributed by atoms with van der Waals surface area (Å²) in [6.45, 7) is 4.62. The van der Waals surface area contributed by atoms with Crippen LogP contribution in [0.2, 0.25) is 5.02 Å². The van der Waals surface area contributed by atoms with Crippen molar-refractivity contribution in [3.05, 3.63) is 86.8 Å². The van der Waals surface area contributed by atoms with Crippen molar-refractivity contribution in [2.75, 3.05) is 11.9 Å². The summed E-state index contributed by atoms with van der Waals surface area (Å²) >= 11 is 9.74. The fourth-order valence-electron chi connectivity index (χ4n) is 2.81. The molecule has 3 aromatic rings. The lowest BCUT2D eigenvalue weighted by atomic mass is 10.1. The Morgan fingerprint density at radius 2 is 1.83 bits per heavy atom. The van der Waals surface area contributed by atoms with Gasteiger partial charge in [0.1, 0.15) is 6.61 Å². The Morgan fingerprint density at radius 3 is 2.52 bits per heavy atom. The second-order valence-electron chi connectivity index (χ2n) is 6.38. The van der Waals surface area contributed by atoms with Gasteiger partial charge in [0.25, 0.3) is 5.91 Å². The molecule has 150 valence electrons. The molecule has 3 aromatic carbocycles. The molecule has 0 aliphatic heterocycles. The summed E-state index contributed by atoms with van der Waals surface area (Å²) < 4.78 is 12.3. The first-order valence-electron chi connectivity index (χ1n) is 9.19. The Kier molecular flexibility index (Phi) is 7.18. The van der Waals surface area contributed by atoms with E-state index in [0.29, 0.717) is 45.5 Å². The minimum atomic E-state index is -0.280. The second kappa shape index (κ2) is 9.81. The van der Waals surface area contributed by atoms with Crippen LogP contribution in [0.15, 0.2) is 65.1 Å². The van der Waals surface area contributed by atoms with Crippen LogP contribution in [0.1, 0.15) is 28.4 Å². The van der Waals surface area contributed by atoms with Gasteiger partial charge < -0.3 is 14.8 Å². The first-order valence-corrected chi connectivity index (χ1v) is 10.4. The summed E-state index contributed by atoms with van der Waals surface area (Å²) in [5.74, 6) is 0.775. The number of rotatable bonds is 7. The van der Waals surface area contributed by atoms with Crippen molar-refractivity contribution in [3.8, 4) is 11.5 Å². The van der Waals surface area contributed by atoms with Gasteiger partial charge in [0.15, 0.2) is 11.5 Å². The van der Waals surface area contributed by atoms with E-state index in [1.807, 2.05) is 56.3 Å². The van der Waals surface area contributed by atoms with Crippen LogP contribution in [0.25, 0.3) is 0 Å². The zero-order valence-electron chi connectivity index (χ0n) is 16.2. The summed E-state index contributed by atoms with van der Waals surface area (Å²) in [4.78, 5) is 12.8. The molecule has 1 amide bonds. The number of para-hydroxylation sites is 1. The van der Waals surface area contributed by atoms with Crippen molar-refractivity contribution in [1.82, 2.24) is 0 Å². The molecule has 0 fully saturated rings. The predicted octanol–water partition coefficient (Wildman–Crippen LogP) is 6.64. The third-order valence-corrected chi connectivity index (χ3v) is 5.16. The summed E-state index contributed by atoms with van der Waals surface area (Å²) in [6, 6.07) is 18.7. The van der Waals surface area contributed by atoms with Crippen LogP contribution in [-0.2, 0) is 6.61 Å². The lowest BCUT2D eigenvalue weighted by Gasteiger charge is -2.16. The number of anilines is 1. The van der Waals surface area contributed by atoms with Gasteiger partial charge in [-0.3, -0.25) is 4.79 Å². The van der Waals surface area contributed by atoms with Crippen molar-refractivity contribution in [2.24, 2.45) is 0 Å². The van der Waals surface area contributed by atoms with E-state index in [0.717, 1.165) is 11.1 Å². The van der Waals surface area contributed by atoms with Crippen LogP contribution in [0.3, 0.4) is 0 Å². The number of carbonyl (C=O) groups excluding carboxylic acids is 1. The average Bonchev–Trinajstić information content (AvgIpc) is 2.71. The van der Waals surface area contributed by atoms with E-state index in [9.17, 15) is 4.79 Å². The Bertz CT molecular complexity index is 988. The summed E-state index contributed by atoms with van der Waals surface area (Å²) in [6.07, 6.45) is 0. The van der Waals surface area contributed by atoms with Crippen LogP contribution >= 0.6 is 27.5 Å². The van der Waals surface area contributed by atoms with Gasteiger partial charge in [-0.15, -0.1) is 0 Å². The minimum Gasteiger partial charge on any atom is -0.490 e. The number of hydrogen-bond acceptors (Lipinski definition) is 3. The molecule has 6 heteroatoms. The normalized spacial score (nSPS) is 10.5. The number of aryl methyl sites for hydroxylation is 1. The van der Waals surface area contributed by atoms with E-state index in [4.69, 9.17) is 21.1 Å². The number of amides is 1. The second-order valence-corrected chi connectivity index (χ2v) is 7.64. The first kappa shape index (κ1) is 21.2. The Balaban J connectivity index is 1.85. The number of benzene rings is 3. The van der Waals surface area contributed by atoms with Crippen LogP contribution < -0.4 is 14.8 Å². The molecule has 0 saturated heterocycles. The molecule has 1 N–H and O–H groups in total. The molecule has 0 aliphatic carbocycles. The van der Waals surface area contributed by atoms with Crippen LogP contribution in [0.4, 0.5) is 5.69 Å². The van der Waals surface area contributed by atoms with E-state index in [1.54, 1.807) is 18.2 Å². The molecule has 0 atom stereocenters. The number of nitrogens with one attached hydrogen (secondary N) is 1. The number of carbonyl (C=O) groups is 1. The van der Waals surface area contributed by atoms with Gasteiger partial charge in [-0.05, 0) is 59.1 Å². The van der Waals surface area contributed by atoms with Gasteiger partial charge in [-0.1, -0.05) is 54.1 Å². The molecular weight excluding hydrogens is 454 g/mol. The molecule has 0 saturated carbocycles. The molecule has 0 bridgehead atoms. The summed E-state index contributed by atoms with van der Waals surface area (Å²) in [5.41, 5.74) is 2.96. The number of ether oxygens (including phenoxy) is 2. The number of hydrogen-bond donors (Lipinski definition) is 1. The van der Waals surface area contributed by atoms with Gasteiger partial charge in [-0.25, -0.2) is 0 Å². The maximum atomic E-state index is 12.8. The van der Waals surface area contributed by atoms with Crippen molar-refractivity contribution in [1.29, 1.82) is 0 Å². The minimum absolute atomic E-state index is 0.280. The molecule has 0 unspecified atom stereocenters. The maximum Gasteiger partial charge on any atom is 0.255 e. The topological polar surface area (TPSA) is 47.6 Å². The smallest absolute Gasteiger partial charge is 0.255 e. The lowest BCUT2D eigenvalue weighted by Crippen LogP contribution is -2.14. The number of halogens is 2. The highest BCUT2D eigenvalue weighted by Crippen LogP contribution is 2.38. The Labute approximate surface area is 183 Å². The van der Waals surface area contributed by atoms with E-state index >= 15 is 0 Å². The van der Waals surface area contributed by atoms with E-state index in [1.165, 1.54) is 0 Å². The zero-order chi connectivity index (χ0) is 20.8. The van der Waals surface area contributed by atoms with Gasteiger partial charge in [0.2, 0.25) is 0 Å². The quantitative estimate of drug-likeness (QED) is 0.417. The highest BCUT2D eigenvalue weighted by atomic mass is 79.9. The van der Waals surface area contributed by atoms with Crippen molar-refractivity contribution >= 4 is 39.1 Å². The lowest BCUT2D eigenvalue weighted by molar-refractivity contribution is 0.102. The van der Waals surface area contributed by atoms with E-state index < -0.39 is 0 Å². The predicted molar refractivity (Wildman–Crippen MR) is 120 cm³/mol. The maximum absolute atomic E-state index is 12.8. The molecule has 0 aromatic heterocycles. The van der Waals surface area contributed by atoms with Crippen molar-refractivity contribution < 1.29 is 14.3 Å². The molecule has 0 radical (unpaired) electrons. The largest absolute Gasteiger partial charge is 0.490 e. The molecular formula is C23H21BrClNO3. The Hall–Kier alpha value is -2.50.